The van der Waals surface area contributed by atoms with Crippen LogP contribution in [0.25, 0.3) is 0 Å². The molecule has 0 heterocycles. The van der Waals surface area contributed by atoms with E-state index in [4.69, 9.17) is 0 Å². The molecule has 0 spiro atoms. The molecule has 2 nitrogen and oxygen atoms in total. The molecule has 0 bridgehead atoms. The van der Waals surface area contributed by atoms with Gasteiger partial charge < -0.3 is 0 Å². The normalized spacial score (nSPS) is 21.8. The van der Waals surface area contributed by atoms with Gasteiger partial charge >= 0.3 is 0 Å². The van der Waals surface area contributed by atoms with Crippen molar-refractivity contribution in [3.63, 3.8) is 0 Å². The van der Waals surface area contributed by atoms with Crippen LogP contribution in [0.15, 0.2) is 29.3 Å². The van der Waals surface area contributed by atoms with Crippen molar-refractivity contribution in [1.29, 1.82) is 0 Å². The summed E-state index contributed by atoms with van der Waals surface area (Å²) < 4.78 is 12.7. The molecule has 0 aromatic heterocycles. The van der Waals surface area contributed by atoms with Crippen LogP contribution in [-0.2, 0) is 4.79 Å². The number of nitrogens with zero attached hydrogens (tertiary/aromatic N) is 1. The summed E-state index contributed by atoms with van der Waals surface area (Å²) in [6.45, 7) is 4.15. The summed E-state index contributed by atoms with van der Waals surface area (Å²) in [5.41, 5.74) is 1.61. The fourth-order valence-electron chi connectivity index (χ4n) is 2.28. The number of hydrogen-bond acceptors (Lipinski definition) is 2. The van der Waals surface area contributed by atoms with Gasteiger partial charge in [-0.05, 0) is 36.1 Å². The molecule has 1 aliphatic rings. The van der Waals surface area contributed by atoms with E-state index in [-0.39, 0.29) is 17.0 Å². The largest absolute Gasteiger partial charge is 0.299 e. The lowest BCUT2D eigenvalue weighted by molar-refractivity contribution is -0.120. The molecule has 1 aliphatic carbocycles. The van der Waals surface area contributed by atoms with E-state index in [1.807, 2.05) is 0 Å². The van der Waals surface area contributed by atoms with Gasteiger partial charge in [-0.25, -0.2) is 4.39 Å². The molecule has 0 aliphatic heterocycles. The molecule has 0 N–H and O–H groups in total. The van der Waals surface area contributed by atoms with Crippen LogP contribution >= 0.6 is 0 Å². The number of hydrogen-bond donors (Lipinski definition) is 0. The molecule has 1 aromatic rings. The first-order valence-corrected chi connectivity index (χ1v) is 5.78. The van der Waals surface area contributed by atoms with Crippen molar-refractivity contribution in [1.82, 2.24) is 0 Å². The molecular weight excluding hydrogens is 217 g/mol. The van der Waals surface area contributed by atoms with Crippen molar-refractivity contribution in [3.8, 4) is 0 Å². The minimum atomic E-state index is -0.269. The van der Waals surface area contributed by atoms with Crippen molar-refractivity contribution >= 4 is 17.2 Å². The lowest BCUT2D eigenvalue weighted by Crippen LogP contribution is -2.28. The summed E-state index contributed by atoms with van der Waals surface area (Å²) in [6, 6.07) is 6.03. The maximum Gasteiger partial charge on any atom is 0.139 e. The zero-order valence-electron chi connectivity index (χ0n) is 10.2. The van der Waals surface area contributed by atoms with Crippen LogP contribution in [0.4, 0.5) is 10.1 Å². The number of carbonyl (C=O) groups is 1. The Kier molecular flexibility index (Phi) is 3.09. The van der Waals surface area contributed by atoms with Gasteiger partial charge in [0.15, 0.2) is 0 Å². The Morgan fingerprint density at radius 1 is 1.18 bits per heavy atom. The standard InChI is InChI=1S/C14H16FNO/c1-14(2)8-12(7-13(17)9-14)16-11-5-3-10(15)4-6-11/h3-6H,7-9H2,1-2H3. The highest BCUT2D eigenvalue weighted by molar-refractivity contribution is 6.05. The first kappa shape index (κ1) is 12.0. The van der Waals surface area contributed by atoms with Gasteiger partial charge in [0.25, 0.3) is 0 Å². The molecule has 1 saturated carbocycles. The lowest BCUT2D eigenvalue weighted by Gasteiger charge is -2.29. The molecule has 0 saturated heterocycles. The molecule has 3 heteroatoms. The summed E-state index contributed by atoms with van der Waals surface area (Å²) in [4.78, 5) is 16.0. The van der Waals surface area contributed by atoms with Gasteiger partial charge in [-0.1, -0.05) is 13.8 Å². The van der Waals surface area contributed by atoms with Crippen molar-refractivity contribution < 1.29 is 9.18 Å². The second-order valence-electron chi connectivity index (χ2n) is 5.39. The van der Waals surface area contributed by atoms with Crippen molar-refractivity contribution in [2.45, 2.75) is 33.1 Å². The number of Topliss-reactive ketones (excluding diaryl/α,β-unsaturated/α-hetero) is 1. The van der Waals surface area contributed by atoms with E-state index in [1.165, 1.54) is 12.1 Å². The number of rotatable bonds is 1. The highest BCUT2D eigenvalue weighted by atomic mass is 19.1. The van der Waals surface area contributed by atoms with Crippen LogP contribution in [0.1, 0.15) is 33.1 Å². The topological polar surface area (TPSA) is 29.4 Å². The van der Waals surface area contributed by atoms with Crippen molar-refractivity contribution in [2.75, 3.05) is 0 Å². The predicted octanol–water partition coefficient (Wildman–Crippen LogP) is 3.68. The molecular formula is C14H16FNO. The minimum Gasteiger partial charge on any atom is -0.299 e. The Morgan fingerprint density at radius 2 is 1.82 bits per heavy atom. The van der Waals surface area contributed by atoms with E-state index in [1.54, 1.807) is 12.1 Å². The van der Waals surface area contributed by atoms with Crippen LogP contribution in [0.3, 0.4) is 0 Å². The van der Waals surface area contributed by atoms with Gasteiger partial charge in [0.1, 0.15) is 11.6 Å². The van der Waals surface area contributed by atoms with Gasteiger partial charge in [-0.15, -0.1) is 0 Å². The zero-order chi connectivity index (χ0) is 12.5. The minimum absolute atomic E-state index is 0.00576. The number of halogens is 1. The molecule has 17 heavy (non-hydrogen) atoms. The molecule has 0 amide bonds. The molecule has 0 radical (unpaired) electrons. The number of ketones is 1. The number of aliphatic imine (C=N–C) groups is 1. The summed E-state index contributed by atoms with van der Waals surface area (Å²) >= 11 is 0. The fourth-order valence-corrected chi connectivity index (χ4v) is 2.28. The maximum atomic E-state index is 12.7. The van der Waals surface area contributed by atoms with Crippen LogP contribution < -0.4 is 0 Å². The quantitative estimate of drug-likeness (QED) is 0.727. The Morgan fingerprint density at radius 3 is 2.41 bits per heavy atom. The van der Waals surface area contributed by atoms with Gasteiger partial charge in [-0.2, -0.15) is 0 Å². The monoisotopic (exact) mass is 233 g/mol. The molecule has 90 valence electrons. The third kappa shape index (κ3) is 3.22. The third-order valence-electron chi connectivity index (χ3n) is 2.87. The predicted molar refractivity (Wildman–Crippen MR) is 66.1 cm³/mol. The average molecular weight is 233 g/mol. The van der Waals surface area contributed by atoms with E-state index >= 15 is 0 Å². The second kappa shape index (κ2) is 4.40. The summed E-state index contributed by atoms with van der Waals surface area (Å²) in [5, 5.41) is 0. The first-order chi connectivity index (χ1) is 7.94. The fraction of sp³-hybridized carbons (Fsp3) is 0.429. The third-order valence-corrected chi connectivity index (χ3v) is 2.87. The number of benzene rings is 1. The summed E-state index contributed by atoms with van der Waals surface area (Å²) in [7, 11) is 0. The van der Waals surface area contributed by atoms with Gasteiger partial charge in [-0.3, -0.25) is 9.79 Å². The molecule has 1 aromatic carbocycles. The average Bonchev–Trinajstić information content (AvgIpc) is 2.18. The Bertz CT molecular complexity index is 460. The maximum absolute atomic E-state index is 12.7. The van der Waals surface area contributed by atoms with Gasteiger partial charge in [0.2, 0.25) is 0 Å². The van der Waals surface area contributed by atoms with E-state index < -0.39 is 0 Å². The van der Waals surface area contributed by atoms with E-state index in [2.05, 4.69) is 18.8 Å². The SMILES string of the molecule is CC1(C)CC(=O)CC(=Nc2ccc(F)cc2)C1. The second-order valence-corrected chi connectivity index (χ2v) is 5.39. The van der Waals surface area contributed by atoms with E-state index in [0.29, 0.717) is 18.5 Å². The van der Waals surface area contributed by atoms with E-state index in [0.717, 1.165) is 12.1 Å². The summed E-state index contributed by atoms with van der Waals surface area (Å²) in [5.74, 6) is -0.0314. The van der Waals surface area contributed by atoms with Crippen LogP contribution in [0.5, 0.6) is 0 Å². The van der Waals surface area contributed by atoms with Crippen molar-refractivity contribution in [3.05, 3.63) is 30.1 Å². The highest BCUT2D eigenvalue weighted by Gasteiger charge is 2.30. The highest BCUT2D eigenvalue weighted by Crippen LogP contribution is 2.32. The molecule has 2 rings (SSSR count). The molecule has 0 unspecified atom stereocenters. The Hall–Kier alpha value is -1.51. The van der Waals surface area contributed by atoms with Crippen LogP contribution in [0, 0.1) is 11.2 Å². The number of carbonyl (C=O) groups excluding carboxylic acids is 1. The van der Waals surface area contributed by atoms with Gasteiger partial charge in [0, 0.05) is 18.6 Å². The van der Waals surface area contributed by atoms with E-state index in [9.17, 15) is 9.18 Å². The molecule has 0 atom stereocenters. The van der Waals surface area contributed by atoms with Crippen LogP contribution in [-0.4, -0.2) is 11.5 Å². The summed E-state index contributed by atoms with van der Waals surface area (Å²) in [6.07, 6.45) is 1.88. The van der Waals surface area contributed by atoms with Crippen LogP contribution in [0.2, 0.25) is 0 Å². The Balaban J connectivity index is 2.21. The van der Waals surface area contributed by atoms with Gasteiger partial charge in [0.05, 0.1) is 5.69 Å². The van der Waals surface area contributed by atoms with Crippen molar-refractivity contribution in [2.24, 2.45) is 10.4 Å². The first-order valence-electron chi connectivity index (χ1n) is 5.78. The zero-order valence-corrected chi connectivity index (χ0v) is 10.2. The smallest absolute Gasteiger partial charge is 0.139 e. The Labute approximate surface area is 101 Å². The lowest BCUT2D eigenvalue weighted by atomic mass is 9.76. The molecule has 1 fully saturated rings.